The van der Waals surface area contributed by atoms with Crippen LogP contribution in [0.4, 0.5) is 5.13 Å². The lowest BCUT2D eigenvalue weighted by Crippen LogP contribution is -2.49. The summed E-state index contributed by atoms with van der Waals surface area (Å²) in [7, 11) is 0. The average molecular weight is 315 g/mol. The molecule has 4 saturated carbocycles. The summed E-state index contributed by atoms with van der Waals surface area (Å²) < 4.78 is 0. The Morgan fingerprint density at radius 3 is 2.41 bits per heavy atom. The summed E-state index contributed by atoms with van der Waals surface area (Å²) in [6.45, 7) is 0. The van der Waals surface area contributed by atoms with Crippen molar-refractivity contribution < 1.29 is 0 Å². The first-order valence-corrected chi connectivity index (χ1v) is 9.18. The van der Waals surface area contributed by atoms with Crippen LogP contribution in [0.1, 0.15) is 55.9 Å². The molecule has 3 N–H and O–H groups in total. The van der Waals surface area contributed by atoms with Gasteiger partial charge in [-0.2, -0.15) is 5.10 Å². The van der Waals surface area contributed by atoms with Crippen molar-refractivity contribution in [1.82, 2.24) is 20.2 Å². The molecule has 4 aliphatic rings. The Balaban J connectivity index is 1.42. The molecule has 0 radical (unpaired) electrons. The third kappa shape index (κ3) is 2.00. The molecule has 0 atom stereocenters. The molecule has 116 valence electrons. The molecule has 0 saturated heterocycles. The molecule has 0 amide bonds. The molecule has 2 aromatic heterocycles. The van der Waals surface area contributed by atoms with Crippen LogP contribution < -0.4 is 5.73 Å². The van der Waals surface area contributed by atoms with E-state index >= 15 is 0 Å². The van der Waals surface area contributed by atoms with Crippen molar-refractivity contribution in [3.05, 3.63) is 22.7 Å². The van der Waals surface area contributed by atoms with Gasteiger partial charge in [-0.05, 0) is 56.3 Å². The van der Waals surface area contributed by atoms with Gasteiger partial charge in [0.25, 0.3) is 0 Å². The summed E-state index contributed by atoms with van der Waals surface area (Å²) in [5.74, 6) is 4.77. The molecule has 2 aromatic rings. The van der Waals surface area contributed by atoms with Gasteiger partial charge >= 0.3 is 0 Å². The van der Waals surface area contributed by atoms with Crippen LogP contribution in [0.2, 0.25) is 0 Å². The SMILES string of the molecule is Nc1nc(Cc2nc(C34CC5CC(CC(C5)C3)C4)n[nH]2)cs1. The fourth-order valence-corrected chi connectivity index (χ4v) is 6.13. The molecule has 4 aliphatic carbocycles. The van der Waals surface area contributed by atoms with Crippen LogP contribution >= 0.6 is 11.3 Å². The Morgan fingerprint density at radius 2 is 1.82 bits per heavy atom. The molecule has 4 bridgehead atoms. The molecule has 22 heavy (non-hydrogen) atoms. The Bertz CT molecular complexity index is 668. The van der Waals surface area contributed by atoms with Gasteiger partial charge in [0.05, 0.1) is 12.1 Å². The van der Waals surface area contributed by atoms with Gasteiger partial charge in [0.2, 0.25) is 0 Å². The van der Waals surface area contributed by atoms with E-state index in [9.17, 15) is 0 Å². The van der Waals surface area contributed by atoms with Gasteiger partial charge in [-0.15, -0.1) is 11.3 Å². The van der Waals surface area contributed by atoms with Crippen molar-refractivity contribution in [2.75, 3.05) is 5.73 Å². The molecule has 0 aromatic carbocycles. The van der Waals surface area contributed by atoms with Crippen LogP contribution in [-0.4, -0.2) is 20.2 Å². The molecule has 4 fully saturated rings. The van der Waals surface area contributed by atoms with Gasteiger partial charge in [0.1, 0.15) is 5.82 Å². The molecule has 6 rings (SSSR count). The highest BCUT2D eigenvalue weighted by Gasteiger charge is 2.53. The first-order chi connectivity index (χ1) is 10.7. The fourth-order valence-electron chi connectivity index (χ4n) is 5.57. The maximum Gasteiger partial charge on any atom is 0.180 e. The smallest absolute Gasteiger partial charge is 0.180 e. The fraction of sp³-hybridized carbons (Fsp3) is 0.688. The maximum absolute atomic E-state index is 5.70. The highest BCUT2D eigenvalue weighted by molar-refractivity contribution is 7.13. The minimum absolute atomic E-state index is 0.268. The highest BCUT2D eigenvalue weighted by Crippen LogP contribution is 2.60. The number of H-pyrrole nitrogens is 1. The average Bonchev–Trinajstić information content (AvgIpc) is 3.07. The largest absolute Gasteiger partial charge is 0.375 e. The van der Waals surface area contributed by atoms with Gasteiger partial charge in [0, 0.05) is 10.8 Å². The summed E-state index contributed by atoms with van der Waals surface area (Å²) in [5.41, 5.74) is 6.95. The van der Waals surface area contributed by atoms with E-state index in [1.165, 1.54) is 49.9 Å². The number of hydrogen-bond acceptors (Lipinski definition) is 5. The van der Waals surface area contributed by atoms with Crippen LogP contribution in [0, 0.1) is 17.8 Å². The van der Waals surface area contributed by atoms with E-state index in [2.05, 4.69) is 15.2 Å². The lowest BCUT2D eigenvalue weighted by Gasteiger charge is -2.55. The maximum atomic E-state index is 5.70. The van der Waals surface area contributed by atoms with Gasteiger partial charge in [-0.3, -0.25) is 5.10 Å². The first kappa shape index (κ1) is 13.0. The van der Waals surface area contributed by atoms with E-state index in [1.807, 2.05) is 5.38 Å². The number of nitrogens with one attached hydrogen (secondary N) is 1. The van der Waals surface area contributed by atoms with Crippen molar-refractivity contribution in [2.45, 2.75) is 50.4 Å². The molecule has 5 nitrogen and oxygen atoms in total. The molecule has 0 unspecified atom stereocenters. The monoisotopic (exact) mass is 315 g/mol. The van der Waals surface area contributed by atoms with Crippen molar-refractivity contribution in [1.29, 1.82) is 0 Å². The Morgan fingerprint density at radius 1 is 1.14 bits per heavy atom. The lowest BCUT2D eigenvalue weighted by atomic mass is 9.49. The summed E-state index contributed by atoms with van der Waals surface area (Å²) >= 11 is 1.48. The summed E-state index contributed by atoms with van der Waals surface area (Å²) in [4.78, 5) is 9.18. The number of nitrogen functional groups attached to an aromatic ring is 1. The summed E-state index contributed by atoms with van der Waals surface area (Å²) in [6, 6.07) is 0. The number of anilines is 1. The van der Waals surface area contributed by atoms with Crippen LogP contribution in [0.3, 0.4) is 0 Å². The number of nitrogens with two attached hydrogens (primary N) is 1. The number of nitrogens with zero attached hydrogens (tertiary/aromatic N) is 3. The third-order valence-corrected chi connectivity index (χ3v) is 6.69. The number of rotatable bonds is 3. The number of aromatic amines is 1. The minimum Gasteiger partial charge on any atom is -0.375 e. The molecule has 6 heteroatoms. The van der Waals surface area contributed by atoms with Gasteiger partial charge in [-0.25, -0.2) is 9.97 Å². The quantitative estimate of drug-likeness (QED) is 0.912. The predicted octanol–water partition coefficient (Wildman–Crippen LogP) is 2.90. The van der Waals surface area contributed by atoms with Crippen molar-refractivity contribution in [3.63, 3.8) is 0 Å². The zero-order chi connectivity index (χ0) is 14.7. The van der Waals surface area contributed by atoms with E-state index in [0.717, 1.165) is 35.1 Å². The second-order valence-electron chi connectivity index (χ2n) is 7.66. The zero-order valence-corrected chi connectivity index (χ0v) is 13.4. The van der Waals surface area contributed by atoms with Gasteiger partial charge in [0.15, 0.2) is 11.0 Å². The van der Waals surface area contributed by atoms with E-state index < -0.39 is 0 Å². The van der Waals surface area contributed by atoms with Gasteiger partial charge in [-0.1, -0.05) is 0 Å². The topological polar surface area (TPSA) is 80.5 Å². The summed E-state index contributed by atoms with van der Waals surface area (Å²) in [5, 5.41) is 10.4. The van der Waals surface area contributed by atoms with Crippen LogP contribution in [0.25, 0.3) is 0 Å². The Hall–Kier alpha value is -1.43. The third-order valence-electron chi connectivity index (χ3n) is 5.96. The van der Waals surface area contributed by atoms with Crippen LogP contribution in [-0.2, 0) is 11.8 Å². The van der Waals surface area contributed by atoms with Crippen LogP contribution in [0.15, 0.2) is 5.38 Å². The predicted molar refractivity (Wildman–Crippen MR) is 85.6 cm³/mol. The van der Waals surface area contributed by atoms with Crippen molar-refractivity contribution >= 4 is 16.5 Å². The molecule has 0 aliphatic heterocycles. The molecular formula is C16H21N5S. The number of aromatic nitrogens is 4. The van der Waals surface area contributed by atoms with Gasteiger partial charge < -0.3 is 5.73 Å². The van der Waals surface area contributed by atoms with Crippen molar-refractivity contribution in [3.8, 4) is 0 Å². The highest BCUT2D eigenvalue weighted by atomic mass is 32.1. The minimum atomic E-state index is 0.268. The van der Waals surface area contributed by atoms with E-state index in [4.69, 9.17) is 10.7 Å². The standard InChI is InChI=1S/C16H21N5S/c17-15-18-12(8-22-15)4-13-19-14(21-20-13)16-5-9-1-10(6-16)3-11(2-9)7-16/h8-11H,1-7H2,(H2,17,18)(H,19,20,21). The normalized spacial score (nSPS) is 36.1. The second kappa shape index (κ2) is 4.54. The number of thiazole rings is 1. The lowest BCUT2D eigenvalue weighted by molar-refractivity contribution is -0.00925. The molecule has 2 heterocycles. The Labute approximate surface area is 133 Å². The summed E-state index contributed by atoms with van der Waals surface area (Å²) in [6.07, 6.45) is 8.98. The van der Waals surface area contributed by atoms with Crippen molar-refractivity contribution in [2.24, 2.45) is 17.8 Å². The van der Waals surface area contributed by atoms with E-state index in [1.54, 1.807) is 0 Å². The first-order valence-electron chi connectivity index (χ1n) is 8.30. The number of hydrogen-bond donors (Lipinski definition) is 2. The Kier molecular flexibility index (Phi) is 2.69. The zero-order valence-electron chi connectivity index (χ0n) is 12.6. The molecular weight excluding hydrogens is 294 g/mol. The van der Waals surface area contributed by atoms with E-state index in [-0.39, 0.29) is 5.41 Å². The van der Waals surface area contributed by atoms with E-state index in [0.29, 0.717) is 11.6 Å². The second-order valence-corrected chi connectivity index (χ2v) is 8.55. The molecule has 0 spiro atoms. The van der Waals surface area contributed by atoms with Crippen LogP contribution in [0.5, 0.6) is 0 Å².